The standard InChI is InChI=1S/C19H24N2O4S/c1-5-26(23,24)21(16-7-9-17(25-4)10-8-16)13-19(22)20-18-11-6-14(2)12-15(18)3/h6-12H,5,13H2,1-4H3,(H,20,22). The Labute approximate surface area is 154 Å². The van der Waals surface area contributed by atoms with Crippen molar-refractivity contribution in [2.45, 2.75) is 20.8 Å². The van der Waals surface area contributed by atoms with Crippen LogP contribution in [-0.2, 0) is 14.8 Å². The van der Waals surface area contributed by atoms with Crippen molar-refractivity contribution in [3.05, 3.63) is 53.6 Å². The monoisotopic (exact) mass is 376 g/mol. The molecule has 0 aliphatic carbocycles. The average molecular weight is 376 g/mol. The minimum atomic E-state index is -3.61. The fraction of sp³-hybridized carbons (Fsp3) is 0.316. The minimum absolute atomic E-state index is 0.101. The molecule has 0 unspecified atom stereocenters. The van der Waals surface area contributed by atoms with E-state index in [4.69, 9.17) is 4.74 Å². The Balaban J connectivity index is 2.24. The quantitative estimate of drug-likeness (QED) is 0.806. The highest BCUT2D eigenvalue weighted by atomic mass is 32.2. The zero-order valence-corrected chi connectivity index (χ0v) is 16.3. The number of hydrogen-bond acceptors (Lipinski definition) is 4. The third-order valence-electron chi connectivity index (χ3n) is 4.00. The molecule has 0 saturated carbocycles. The van der Waals surface area contributed by atoms with E-state index in [0.29, 0.717) is 17.1 Å². The zero-order valence-electron chi connectivity index (χ0n) is 15.4. The van der Waals surface area contributed by atoms with Crippen LogP contribution in [-0.4, -0.2) is 33.7 Å². The highest BCUT2D eigenvalue weighted by Gasteiger charge is 2.23. The average Bonchev–Trinajstić information content (AvgIpc) is 2.62. The van der Waals surface area contributed by atoms with Gasteiger partial charge in [0, 0.05) is 5.69 Å². The number of carbonyl (C=O) groups excluding carboxylic acids is 1. The number of amides is 1. The molecule has 26 heavy (non-hydrogen) atoms. The molecule has 0 aliphatic rings. The second-order valence-electron chi connectivity index (χ2n) is 5.97. The van der Waals surface area contributed by atoms with Crippen molar-refractivity contribution in [2.24, 2.45) is 0 Å². The van der Waals surface area contributed by atoms with E-state index in [1.807, 2.05) is 32.0 Å². The molecule has 0 aromatic heterocycles. The molecule has 0 heterocycles. The molecule has 2 aromatic rings. The summed E-state index contributed by atoms with van der Waals surface area (Å²) in [4.78, 5) is 12.5. The van der Waals surface area contributed by atoms with Crippen molar-refractivity contribution in [3.63, 3.8) is 0 Å². The Morgan fingerprint density at radius 2 is 1.77 bits per heavy atom. The number of rotatable bonds is 7. The fourth-order valence-electron chi connectivity index (χ4n) is 2.53. The Morgan fingerprint density at radius 3 is 2.31 bits per heavy atom. The van der Waals surface area contributed by atoms with Crippen molar-refractivity contribution in [2.75, 3.05) is 29.0 Å². The summed E-state index contributed by atoms with van der Waals surface area (Å²) in [5.74, 6) is 0.114. The van der Waals surface area contributed by atoms with Gasteiger partial charge in [-0.25, -0.2) is 8.42 Å². The van der Waals surface area contributed by atoms with E-state index in [-0.39, 0.29) is 12.3 Å². The van der Waals surface area contributed by atoms with Crippen LogP contribution in [0.5, 0.6) is 5.75 Å². The van der Waals surface area contributed by atoms with Gasteiger partial charge in [-0.15, -0.1) is 0 Å². The van der Waals surface area contributed by atoms with E-state index < -0.39 is 15.9 Å². The molecule has 0 radical (unpaired) electrons. The third-order valence-corrected chi connectivity index (χ3v) is 5.75. The lowest BCUT2D eigenvalue weighted by Crippen LogP contribution is -2.39. The van der Waals surface area contributed by atoms with E-state index in [2.05, 4.69) is 5.32 Å². The molecule has 0 aliphatic heterocycles. The Bertz CT molecular complexity index is 877. The number of anilines is 2. The number of ether oxygens (including phenoxy) is 1. The molecule has 2 rings (SSSR count). The summed E-state index contributed by atoms with van der Waals surface area (Å²) >= 11 is 0. The van der Waals surface area contributed by atoms with Gasteiger partial charge in [0.2, 0.25) is 15.9 Å². The number of nitrogens with zero attached hydrogens (tertiary/aromatic N) is 1. The zero-order chi connectivity index (χ0) is 19.3. The normalized spacial score (nSPS) is 11.1. The first-order valence-electron chi connectivity index (χ1n) is 8.28. The van der Waals surface area contributed by atoms with Gasteiger partial charge in [-0.3, -0.25) is 9.10 Å². The predicted molar refractivity (Wildman–Crippen MR) is 104 cm³/mol. The molecular weight excluding hydrogens is 352 g/mol. The van der Waals surface area contributed by atoms with Crippen molar-refractivity contribution < 1.29 is 17.9 Å². The maximum absolute atomic E-state index is 12.5. The summed E-state index contributed by atoms with van der Waals surface area (Å²) in [6.45, 7) is 5.12. The van der Waals surface area contributed by atoms with Crippen LogP contribution < -0.4 is 14.4 Å². The van der Waals surface area contributed by atoms with Crippen LogP contribution >= 0.6 is 0 Å². The molecule has 0 saturated heterocycles. The SMILES string of the molecule is CCS(=O)(=O)N(CC(=O)Nc1ccc(C)cc1C)c1ccc(OC)cc1. The van der Waals surface area contributed by atoms with Gasteiger partial charge in [0.15, 0.2) is 0 Å². The van der Waals surface area contributed by atoms with Crippen molar-refractivity contribution >= 4 is 27.3 Å². The smallest absolute Gasteiger partial charge is 0.245 e. The number of aryl methyl sites for hydroxylation is 2. The molecular formula is C19H24N2O4S. The molecule has 0 fully saturated rings. The van der Waals surface area contributed by atoms with Crippen LogP contribution in [0.3, 0.4) is 0 Å². The van der Waals surface area contributed by atoms with E-state index >= 15 is 0 Å². The number of carbonyl (C=O) groups is 1. The third kappa shape index (κ3) is 4.76. The maximum atomic E-state index is 12.5. The molecule has 140 valence electrons. The summed E-state index contributed by atoms with van der Waals surface area (Å²) in [5.41, 5.74) is 3.11. The second kappa shape index (κ2) is 8.23. The summed E-state index contributed by atoms with van der Waals surface area (Å²) in [6.07, 6.45) is 0. The first-order chi connectivity index (χ1) is 12.3. The molecule has 6 nitrogen and oxygen atoms in total. The van der Waals surface area contributed by atoms with Crippen LogP contribution in [0.2, 0.25) is 0 Å². The summed E-state index contributed by atoms with van der Waals surface area (Å²) in [5, 5.41) is 2.79. The first kappa shape index (κ1) is 19.8. The summed E-state index contributed by atoms with van der Waals surface area (Å²) in [6, 6.07) is 12.2. The Hall–Kier alpha value is -2.54. The van der Waals surface area contributed by atoms with Crippen LogP contribution in [0.4, 0.5) is 11.4 Å². The molecule has 7 heteroatoms. The number of nitrogens with one attached hydrogen (secondary N) is 1. The Kier molecular flexibility index (Phi) is 6.26. The van der Waals surface area contributed by atoms with E-state index in [9.17, 15) is 13.2 Å². The first-order valence-corrected chi connectivity index (χ1v) is 9.89. The highest BCUT2D eigenvalue weighted by molar-refractivity contribution is 7.92. The van der Waals surface area contributed by atoms with Crippen molar-refractivity contribution in [3.8, 4) is 5.75 Å². The molecule has 0 atom stereocenters. The lowest BCUT2D eigenvalue weighted by molar-refractivity contribution is -0.114. The maximum Gasteiger partial charge on any atom is 0.245 e. The fourth-order valence-corrected chi connectivity index (χ4v) is 3.60. The number of sulfonamides is 1. The molecule has 2 aromatic carbocycles. The van der Waals surface area contributed by atoms with Gasteiger partial charge in [-0.2, -0.15) is 0 Å². The van der Waals surface area contributed by atoms with Crippen molar-refractivity contribution in [1.29, 1.82) is 0 Å². The minimum Gasteiger partial charge on any atom is -0.497 e. The van der Waals surface area contributed by atoms with Gasteiger partial charge in [0.1, 0.15) is 12.3 Å². The van der Waals surface area contributed by atoms with Gasteiger partial charge in [-0.05, 0) is 56.7 Å². The molecule has 0 bridgehead atoms. The number of methoxy groups -OCH3 is 1. The second-order valence-corrected chi connectivity index (χ2v) is 8.15. The van der Waals surface area contributed by atoms with Crippen molar-refractivity contribution in [1.82, 2.24) is 0 Å². The van der Waals surface area contributed by atoms with Gasteiger partial charge in [0.25, 0.3) is 0 Å². The number of benzene rings is 2. The largest absolute Gasteiger partial charge is 0.497 e. The van der Waals surface area contributed by atoms with Crippen LogP contribution in [0.25, 0.3) is 0 Å². The molecule has 1 N–H and O–H groups in total. The highest BCUT2D eigenvalue weighted by Crippen LogP contribution is 2.22. The summed E-state index contributed by atoms with van der Waals surface area (Å²) in [7, 11) is -2.07. The van der Waals surface area contributed by atoms with Crippen LogP contribution in [0.1, 0.15) is 18.1 Å². The number of hydrogen-bond donors (Lipinski definition) is 1. The molecule has 1 amide bonds. The topological polar surface area (TPSA) is 75.7 Å². The van der Waals surface area contributed by atoms with Crippen LogP contribution in [0.15, 0.2) is 42.5 Å². The lowest BCUT2D eigenvalue weighted by Gasteiger charge is -2.23. The van der Waals surface area contributed by atoms with E-state index in [1.54, 1.807) is 31.2 Å². The van der Waals surface area contributed by atoms with Gasteiger partial charge in [0.05, 0.1) is 18.6 Å². The molecule has 0 spiro atoms. The van der Waals surface area contributed by atoms with E-state index in [0.717, 1.165) is 15.4 Å². The van der Waals surface area contributed by atoms with Gasteiger partial charge < -0.3 is 10.1 Å². The summed E-state index contributed by atoms with van der Waals surface area (Å²) < 4.78 is 31.2. The van der Waals surface area contributed by atoms with Gasteiger partial charge in [-0.1, -0.05) is 17.7 Å². The lowest BCUT2D eigenvalue weighted by atomic mass is 10.1. The predicted octanol–water partition coefficient (Wildman–Crippen LogP) is 3.11. The van der Waals surface area contributed by atoms with Gasteiger partial charge >= 0.3 is 0 Å². The Morgan fingerprint density at radius 1 is 1.12 bits per heavy atom. The van der Waals surface area contributed by atoms with E-state index in [1.165, 1.54) is 7.11 Å². The van der Waals surface area contributed by atoms with Crippen LogP contribution in [0, 0.1) is 13.8 Å².